The highest BCUT2D eigenvalue weighted by molar-refractivity contribution is 6.46. The molecular weight excluding hydrogens is 315 g/mol. The quantitative estimate of drug-likeness (QED) is 0.652. The van der Waals surface area contributed by atoms with Crippen LogP contribution in [0.3, 0.4) is 0 Å². The van der Waals surface area contributed by atoms with E-state index in [-0.39, 0.29) is 31.8 Å². The number of aromatic carboxylic acids is 1. The molecule has 0 radical (unpaired) electrons. The molecule has 0 saturated carbocycles. The number of rotatable bonds is 2. The van der Waals surface area contributed by atoms with E-state index in [0.29, 0.717) is 0 Å². The monoisotopic (exact) mass is 319 g/mol. The summed E-state index contributed by atoms with van der Waals surface area (Å²) in [6.45, 7) is 0. The topological polar surface area (TPSA) is 50.2 Å². The Morgan fingerprint density at radius 1 is 1.21 bits per heavy atom. The molecule has 0 fully saturated rings. The molecule has 1 aromatic carbocycles. The molecule has 2 aromatic rings. The molecule has 3 nitrogen and oxygen atoms in total. The third kappa shape index (κ3) is 2.66. The summed E-state index contributed by atoms with van der Waals surface area (Å²) in [6, 6.07) is 4.01. The molecule has 19 heavy (non-hydrogen) atoms. The number of benzene rings is 1. The van der Waals surface area contributed by atoms with Gasteiger partial charge >= 0.3 is 5.97 Å². The van der Waals surface area contributed by atoms with Gasteiger partial charge in [0.2, 0.25) is 5.95 Å². The summed E-state index contributed by atoms with van der Waals surface area (Å²) < 4.78 is 13.7. The van der Waals surface area contributed by atoms with Gasteiger partial charge in [-0.25, -0.2) is 9.78 Å². The van der Waals surface area contributed by atoms with Crippen LogP contribution < -0.4 is 0 Å². The van der Waals surface area contributed by atoms with Gasteiger partial charge in [0.05, 0.1) is 20.6 Å². The molecular formula is C12H5Cl3FNO2. The van der Waals surface area contributed by atoms with Crippen LogP contribution in [0.5, 0.6) is 0 Å². The summed E-state index contributed by atoms with van der Waals surface area (Å²) in [5.41, 5.74) is -0.176. The third-order valence-electron chi connectivity index (χ3n) is 2.40. The van der Waals surface area contributed by atoms with Crippen LogP contribution in [0.25, 0.3) is 11.1 Å². The minimum absolute atomic E-state index is 0.0393. The van der Waals surface area contributed by atoms with E-state index in [1.165, 1.54) is 12.1 Å². The summed E-state index contributed by atoms with van der Waals surface area (Å²) in [5, 5.41) is 9.26. The van der Waals surface area contributed by atoms with Gasteiger partial charge in [0.25, 0.3) is 0 Å². The number of nitrogens with zero attached hydrogens (tertiary/aromatic N) is 1. The second kappa shape index (κ2) is 5.33. The lowest BCUT2D eigenvalue weighted by Gasteiger charge is -2.09. The van der Waals surface area contributed by atoms with Crippen LogP contribution in [0.1, 0.15) is 10.4 Å². The number of carboxylic acid groups (broad SMARTS) is 1. The molecule has 0 aliphatic rings. The molecule has 1 aromatic heterocycles. The summed E-state index contributed by atoms with van der Waals surface area (Å²) in [7, 11) is 0. The summed E-state index contributed by atoms with van der Waals surface area (Å²) in [4.78, 5) is 14.3. The van der Waals surface area contributed by atoms with Crippen LogP contribution in [-0.2, 0) is 0 Å². The molecule has 98 valence electrons. The molecule has 0 aliphatic carbocycles. The zero-order chi connectivity index (χ0) is 14.2. The second-order valence-electron chi connectivity index (χ2n) is 3.59. The number of aromatic nitrogens is 1. The van der Waals surface area contributed by atoms with Crippen molar-refractivity contribution < 1.29 is 14.3 Å². The maximum atomic E-state index is 13.7. The van der Waals surface area contributed by atoms with Crippen LogP contribution in [0.4, 0.5) is 4.39 Å². The molecule has 0 amide bonds. The number of hydrogen-bond donors (Lipinski definition) is 1. The molecule has 1 heterocycles. The van der Waals surface area contributed by atoms with Crippen LogP contribution in [0, 0.1) is 5.95 Å². The van der Waals surface area contributed by atoms with Gasteiger partial charge in [-0.15, -0.1) is 0 Å². The maximum absolute atomic E-state index is 13.7. The van der Waals surface area contributed by atoms with Gasteiger partial charge in [-0.3, -0.25) is 0 Å². The van der Waals surface area contributed by atoms with Gasteiger partial charge in [-0.2, -0.15) is 4.39 Å². The fourth-order valence-corrected chi connectivity index (χ4v) is 2.25. The lowest BCUT2D eigenvalue weighted by Crippen LogP contribution is -2.00. The predicted molar refractivity (Wildman–Crippen MR) is 71.6 cm³/mol. The highest BCUT2D eigenvalue weighted by Crippen LogP contribution is 2.39. The Kier molecular flexibility index (Phi) is 3.94. The van der Waals surface area contributed by atoms with E-state index in [4.69, 9.17) is 39.9 Å². The zero-order valence-corrected chi connectivity index (χ0v) is 11.4. The van der Waals surface area contributed by atoms with Crippen LogP contribution in [-0.4, -0.2) is 16.1 Å². The number of hydrogen-bond acceptors (Lipinski definition) is 2. The number of carbonyl (C=O) groups is 1. The molecule has 0 atom stereocenters. The van der Waals surface area contributed by atoms with E-state index >= 15 is 0 Å². The average molecular weight is 321 g/mol. The van der Waals surface area contributed by atoms with Crippen LogP contribution in [0.2, 0.25) is 15.1 Å². The minimum atomic E-state index is -1.23. The fraction of sp³-hybridized carbons (Fsp3) is 0. The van der Waals surface area contributed by atoms with E-state index in [9.17, 15) is 9.18 Å². The van der Waals surface area contributed by atoms with Crippen molar-refractivity contribution in [1.29, 1.82) is 0 Å². The smallest absolute Gasteiger partial charge is 0.337 e. The minimum Gasteiger partial charge on any atom is -0.478 e. The van der Waals surface area contributed by atoms with Gasteiger partial charge in [0, 0.05) is 17.3 Å². The maximum Gasteiger partial charge on any atom is 0.337 e. The van der Waals surface area contributed by atoms with Gasteiger partial charge in [0.1, 0.15) is 0 Å². The van der Waals surface area contributed by atoms with Gasteiger partial charge < -0.3 is 5.11 Å². The van der Waals surface area contributed by atoms with Crippen LogP contribution in [0.15, 0.2) is 24.4 Å². The number of pyridine rings is 1. The summed E-state index contributed by atoms with van der Waals surface area (Å²) in [6.07, 6.45) is 0.910. The second-order valence-corrected chi connectivity index (χ2v) is 4.78. The first kappa shape index (κ1) is 14.1. The van der Waals surface area contributed by atoms with Crippen molar-refractivity contribution in [2.75, 3.05) is 0 Å². The standard InChI is InChI=1S/C12H5Cl3FNO2/c13-7-1-2-8(14)10(15)9(7)6-3-5(12(18)19)4-17-11(6)16/h1-4H,(H,18,19). The average Bonchev–Trinajstić information content (AvgIpc) is 2.36. The van der Waals surface area contributed by atoms with E-state index in [1.807, 2.05) is 0 Å². The van der Waals surface area contributed by atoms with Crippen molar-refractivity contribution in [2.24, 2.45) is 0 Å². The zero-order valence-electron chi connectivity index (χ0n) is 9.12. The van der Waals surface area contributed by atoms with E-state index in [1.54, 1.807) is 0 Å². The lowest BCUT2D eigenvalue weighted by molar-refractivity contribution is 0.0696. The molecule has 0 aliphatic heterocycles. The summed E-state index contributed by atoms with van der Waals surface area (Å²) in [5.74, 6) is -2.11. The largest absolute Gasteiger partial charge is 0.478 e. The molecule has 7 heteroatoms. The molecule has 0 unspecified atom stereocenters. The van der Waals surface area contributed by atoms with Crippen molar-refractivity contribution >= 4 is 40.8 Å². The Morgan fingerprint density at radius 2 is 1.84 bits per heavy atom. The summed E-state index contributed by atoms with van der Waals surface area (Å²) >= 11 is 17.8. The third-order valence-corrected chi connectivity index (χ3v) is 3.52. The molecule has 1 N–H and O–H groups in total. The predicted octanol–water partition coefficient (Wildman–Crippen LogP) is 4.55. The molecule has 0 spiro atoms. The van der Waals surface area contributed by atoms with E-state index < -0.39 is 11.9 Å². The van der Waals surface area contributed by atoms with Crippen molar-refractivity contribution in [2.45, 2.75) is 0 Å². The van der Waals surface area contributed by atoms with Crippen LogP contribution >= 0.6 is 34.8 Å². The van der Waals surface area contributed by atoms with Crippen molar-refractivity contribution in [3.05, 3.63) is 51.0 Å². The van der Waals surface area contributed by atoms with Gasteiger partial charge in [0.15, 0.2) is 0 Å². The Morgan fingerprint density at radius 3 is 2.47 bits per heavy atom. The first-order chi connectivity index (χ1) is 8.91. The molecule has 0 saturated heterocycles. The Balaban J connectivity index is 2.75. The van der Waals surface area contributed by atoms with Gasteiger partial charge in [-0.1, -0.05) is 34.8 Å². The van der Waals surface area contributed by atoms with Crippen molar-refractivity contribution in [3.8, 4) is 11.1 Å². The van der Waals surface area contributed by atoms with Crippen molar-refractivity contribution in [1.82, 2.24) is 4.98 Å². The number of halogens is 4. The fourth-order valence-electron chi connectivity index (χ4n) is 1.51. The number of carboxylic acids is 1. The first-order valence-corrected chi connectivity index (χ1v) is 6.08. The Hall–Kier alpha value is -1.36. The van der Waals surface area contributed by atoms with E-state index in [2.05, 4.69) is 4.98 Å². The highest BCUT2D eigenvalue weighted by Gasteiger charge is 2.18. The SMILES string of the molecule is O=C(O)c1cnc(F)c(-c2c(Cl)ccc(Cl)c2Cl)c1. The molecule has 0 bridgehead atoms. The van der Waals surface area contributed by atoms with Crippen molar-refractivity contribution in [3.63, 3.8) is 0 Å². The lowest BCUT2D eigenvalue weighted by atomic mass is 10.1. The molecule has 2 rings (SSSR count). The van der Waals surface area contributed by atoms with E-state index in [0.717, 1.165) is 12.3 Å². The van der Waals surface area contributed by atoms with Gasteiger partial charge in [-0.05, 0) is 18.2 Å². The Labute approximate surface area is 122 Å². The highest BCUT2D eigenvalue weighted by atomic mass is 35.5. The normalized spacial score (nSPS) is 10.5. The Bertz CT molecular complexity index is 676. The first-order valence-electron chi connectivity index (χ1n) is 4.94.